The van der Waals surface area contributed by atoms with Gasteiger partial charge in [-0.3, -0.25) is 0 Å². The molecule has 0 bridgehead atoms. The molecule has 1 aliphatic heterocycles. The Kier molecular flexibility index (Phi) is 3.50. The summed E-state index contributed by atoms with van der Waals surface area (Å²) in [6.45, 7) is 2.21. The molecule has 0 spiro atoms. The molecule has 0 radical (unpaired) electrons. The summed E-state index contributed by atoms with van der Waals surface area (Å²) in [7, 11) is 0. The Morgan fingerprint density at radius 3 is 3.10 bits per heavy atom. The molecule has 0 fully saturated rings. The van der Waals surface area contributed by atoms with E-state index in [4.69, 9.17) is 9.26 Å². The van der Waals surface area contributed by atoms with Gasteiger partial charge in [0.25, 0.3) is 0 Å². The Hall–Kier alpha value is -2.17. The van der Waals surface area contributed by atoms with Crippen molar-refractivity contribution in [2.24, 2.45) is 0 Å². The van der Waals surface area contributed by atoms with E-state index in [-0.39, 0.29) is 11.7 Å². The number of carbonyl (C=O) groups excluding carboxylic acids is 1. The van der Waals surface area contributed by atoms with Crippen molar-refractivity contribution in [2.45, 2.75) is 32.1 Å². The third-order valence-electron chi connectivity index (χ3n) is 3.44. The average Bonchev–Trinajstić information content (AvgIpc) is 2.93. The first kappa shape index (κ1) is 12.8. The summed E-state index contributed by atoms with van der Waals surface area (Å²) in [6.07, 6.45) is 1.78. The van der Waals surface area contributed by atoms with Gasteiger partial charge in [0.1, 0.15) is 11.5 Å². The summed E-state index contributed by atoms with van der Waals surface area (Å²) < 4.78 is 10.9. The van der Waals surface area contributed by atoms with Crippen LogP contribution in [0.2, 0.25) is 0 Å². The molecule has 3 rings (SSSR count). The van der Waals surface area contributed by atoms with E-state index in [9.17, 15) is 4.79 Å². The summed E-state index contributed by atoms with van der Waals surface area (Å²) >= 11 is 0. The van der Waals surface area contributed by atoms with E-state index < -0.39 is 0 Å². The van der Waals surface area contributed by atoms with Gasteiger partial charge in [-0.05, 0) is 19.4 Å². The number of hydrogen-bond acceptors (Lipinski definition) is 5. The first-order valence-corrected chi connectivity index (χ1v) is 6.77. The Balaban J connectivity index is 1.82. The number of ether oxygens (including phenoxy) is 1. The fourth-order valence-electron chi connectivity index (χ4n) is 2.40. The highest BCUT2D eigenvalue weighted by atomic mass is 16.5. The minimum atomic E-state index is 0.106. The largest absolute Gasteiger partial charge is 0.493 e. The Morgan fingerprint density at radius 1 is 1.40 bits per heavy atom. The predicted octanol–water partition coefficient (Wildman–Crippen LogP) is 2.51. The Bertz CT molecular complexity index is 621. The summed E-state index contributed by atoms with van der Waals surface area (Å²) in [4.78, 5) is 15.4. The molecule has 1 unspecified atom stereocenters. The number of carbonyl (C=O) groups is 1. The van der Waals surface area contributed by atoms with Gasteiger partial charge in [0.05, 0.1) is 12.5 Å². The number of rotatable bonds is 4. The quantitative estimate of drug-likeness (QED) is 0.855. The maximum atomic E-state index is 11.0. The van der Waals surface area contributed by atoms with Gasteiger partial charge in [-0.1, -0.05) is 23.4 Å². The molecular formula is C15H16N2O3. The normalized spacial score (nSPS) is 17.4. The standard InChI is InChI=1S/C15H16N2O3/c1-10(18)6-7-14-16-15(17-20-14)12-8-9-19-13-5-3-2-4-11(12)13/h2-5,12H,6-9H2,1H3. The molecule has 1 aromatic carbocycles. The van der Waals surface area contributed by atoms with Gasteiger partial charge in [0, 0.05) is 18.4 Å². The number of fused-ring (bicyclic) bond motifs is 1. The van der Waals surface area contributed by atoms with Gasteiger partial charge in [-0.15, -0.1) is 0 Å². The van der Waals surface area contributed by atoms with Crippen LogP contribution >= 0.6 is 0 Å². The first-order chi connectivity index (χ1) is 9.74. The third kappa shape index (κ3) is 2.57. The minimum absolute atomic E-state index is 0.106. The van der Waals surface area contributed by atoms with Crippen LogP contribution < -0.4 is 4.74 Å². The second-order valence-corrected chi connectivity index (χ2v) is 4.98. The number of nitrogens with zero attached hydrogens (tertiary/aromatic N) is 2. The fourth-order valence-corrected chi connectivity index (χ4v) is 2.40. The van der Waals surface area contributed by atoms with Crippen LogP contribution in [0, 0.1) is 0 Å². The van der Waals surface area contributed by atoms with Gasteiger partial charge in [0.2, 0.25) is 5.89 Å². The van der Waals surface area contributed by atoms with Crippen molar-refractivity contribution in [1.82, 2.24) is 10.1 Å². The molecule has 104 valence electrons. The molecule has 1 aliphatic rings. The maximum Gasteiger partial charge on any atom is 0.227 e. The molecular weight excluding hydrogens is 256 g/mol. The van der Waals surface area contributed by atoms with Crippen molar-refractivity contribution in [3.8, 4) is 5.75 Å². The fraction of sp³-hybridized carbons (Fsp3) is 0.400. The van der Waals surface area contributed by atoms with E-state index in [1.54, 1.807) is 6.92 Å². The van der Waals surface area contributed by atoms with Crippen molar-refractivity contribution in [3.05, 3.63) is 41.5 Å². The molecule has 1 atom stereocenters. The Labute approximate surface area is 116 Å². The van der Waals surface area contributed by atoms with Gasteiger partial charge in [0.15, 0.2) is 5.82 Å². The molecule has 2 aromatic rings. The summed E-state index contributed by atoms with van der Waals surface area (Å²) in [5.74, 6) is 2.33. The lowest BCUT2D eigenvalue weighted by Gasteiger charge is -2.23. The van der Waals surface area contributed by atoms with E-state index in [0.717, 1.165) is 17.7 Å². The van der Waals surface area contributed by atoms with Crippen LogP contribution in [-0.4, -0.2) is 22.5 Å². The predicted molar refractivity (Wildman–Crippen MR) is 71.7 cm³/mol. The van der Waals surface area contributed by atoms with Crippen LogP contribution in [0.25, 0.3) is 0 Å². The molecule has 20 heavy (non-hydrogen) atoms. The van der Waals surface area contributed by atoms with Gasteiger partial charge >= 0.3 is 0 Å². The molecule has 5 nitrogen and oxygen atoms in total. The molecule has 2 heterocycles. The number of aryl methyl sites for hydroxylation is 1. The Morgan fingerprint density at radius 2 is 2.25 bits per heavy atom. The number of Topliss-reactive ketones (excluding diaryl/α,β-unsaturated/α-hetero) is 1. The third-order valence-corrected chi connectivity index (χ3v) is 3.44. The second-order valence-electron chi connectivity index (χ2n) is 4.98. The molecule has 5 heteroatoms. The van der Waals surface area contributed by atoms with Crippen molar-refractivity contribution in [2.75, 3.05) is 6.61 Å². The summed E-state index contributed by atoms with van der Waals surface area (Å²) in [6, 6.07) is 7.93. The van der Waals surface area contributed by atoms with E-state index in [1.807, 2.05) is 24.3 Å². The number of benzene rings is 1. The van der Waals surface area contributed by atoms with Crippen LogP contribution in [0.15, 0.2) is 28.8 Å². The van der Waals surface area contributed by atoms with Crippen molar-refractivity contribution < 1.29 is 14.1 Å². The van der Waals surface area contributed by atoms with Crippen LogP contribution in [-0.2, 0) is 11.2 Å². The maximum absolute atomic E-state index is 11.0. The van der Waals surface area contributed by atoms with Crippen LogP contribution in [0.3, 0.4) is 0 Å². The van der Waals surface area contributed by atoms with Crippen molar-refractivity contribution in [1.29, 1.82) is 0 Å². The highest BCUT2D eigenvalue weighted by Gasteiger charge is 2.26. The lowest BCUT2D eigenvalue weighted by atomic mass is 9.92. The topological polar surface area (TPSA) is 65.2 Å². The van der Waals surface area contributed by atoms with Crippen LogP contribution in [0.5, 0.6) is 5.75 Å². The zero-order valence-electron chi connectivity index (χ0n) is 11.3. The van der Waals surface area contributed by atoms with Gasteiger partial charge in [-0.25, -0.2) is 0 Å². The van der Waals surface area contributed by atoms with Crippen LogP contribution in [0.4, 0.5) is 0 Å². The van der Waals surface area contributed by atoms with Crippen molar-refractivity contribution >= 4 is 5.78 Å². The van der Waals surface area contributed by atoms with E-state index in [1.165, 1.54) is 0 Å². The smallest absolute Gasteiger partial charge is 0.227 e. The van der Waals surface area contributed by atoms with Gasteiger partial charge in [-0.2, -0.15) is 4.98 Å². The molecule has 0 amide bonds. The second kappa shape index (κ2) is 5.45. The minimum Gasteiger partial charge on any atom is -0.493 e. The molecule has 1 aromatic heterocycles. The monoisotopic (exact) mass is 272 g/mol. The SMILES string of the molecule is CC(=O)CCc1nc(C2CCOc3ccccc32)no1. The van der Waals surface area contributed by atoms with Crippen molar-refractivity contribution in [3.63, 3.8) is 0 Å². The lowest BCUT2D eigenvalue weighted by Crippen LogP contribution is -2.16. The van der Waals surface area contributed by atoms with E-state index in [0.29, 0.717) is 31.2 Å². The number of aromatic nitrogens is 2. The lowest BCUT2D eigenvalue weighted by molar-refractivity contribution is -0.117. The molecule has 0 saturated heterocycles. The zero-order chi connectivity index (χ0) is 13.9. The zero-order valence-corrected chi connectivity index (χ0v) is 11.3. The highest BCUT2D eigenvalue weighted by molar-refractivity contribution is 5.75. The van der Waals surface area contributed by atoms with E-state index in [2.05, 4.69) is 10.1 Å². The average molecular weight is 272 g/mol. The first-order valence-electron chi connectivity index (χ1n) is 6.77. The van der Waals surface area contributed by atoms with E-state index >= 15 is 0 Å². The highest BCUT2D eigenvalue weighted by Crippen LogP contribution is 2.36. The molecule has 0 N–H and O–H groups in total. The molecule has 0 aliphatic carbocycles. The number of ketones is 1. The van der Waals surface area contributed by atoms with Gasteiger partial charge < -0.3 is 14.1 Å². The summed E-state index contributed by atoms with van der Waals surface area (Å²) in [5.41, 5.74) is 1.10. The number of para-hydroxylation sites is 1. The molecule has 0 saturated carbocycles. The number of hydrogen-bond donors (Lipinski definition) is 0. The van der Waals surface area contributed by atoms with Crippen LogP contribution in [0.1, 0.15) is 43.0 Å². The summed E-state index contributed by atoms with van der Waals surface area (Å²) in [5, 5.41) is 4.06.